The molecule has 1 N–H and O–H groups in total. The summed E-state index contributed by atoms with van der Waals surface area (Å²) in [5.41, 5.74) is 1.05. The van der Waals surface area contributed by atoms with Gasteiger partial charge in [-0.3, -0.25) is 0 Å². The Balaban J connectivity index is 2.24. The molecular weight excluding hydrogens is 270 g/mol. The predicted molar refractivity (Wildman–Crippen MR) is 78.7 cm³/mol. The van der Waals surface area contributed by atoms with Gasteiger partial charge in [0, 0.05) is 18.9 Å². The summed E-state index contributed by atoms with van der Waals surface area (Å²) in [4.78, 5) is 8.25. The molecule has 0 radical (unpaired) electrons. The first-order valence-electron chi connectivity index (χ1n) is 6.56. The quantitative estimate of drug-likeness (QED) is 0.838. The van der Waals surface area contributed by atoms with Crippen molar-refractivity contribution in [1.29, 1.82) is 0 Å². The van der Waals surface area contributed by atoms with Crippen molar-refractivity contribution in [3.05, 3.63) is 42.0 Å². The Kier molecular flexibility index (Phi) is 5.34. The summed E-state index contributed by atoms with van der Waals surface area (Å²) in [6.45, 7) is 0.966. The van der Waals surface area contributed by atoms with Gasteiger partial charge in [0.1, 0.15) is 6.61 Å². The zero-order valence-corrected chi connectivity index (χ0v) is 12.4. The van der Waals surface area contributed by atoms with Crippen LogP contribution in [-0.2, 0) is 13.2 Å². The second-order valence-corrected chi connectivity index (χ2v) is 4.31. The van der Waals surface area contributed by atoms with E-state index in [1.54, 1.807) is 32.7 Å². The molecule has 0 saturated heterocycles. The SMILES string of the molecule is CNCc1cc(OC)c(OCc2ncccn2)c(OC)c1. The van der Waals surface area contributed by atoms with E-state index < -0.39 is 0 Å². The third-order valence-electron chi connectivity index (χ3n) is 2.87. The van der Waals surface area contributed by atoms with Gasteiger partial charge in [0.2, 0.25) is 5.75 Å². The molecule has 1 aromatic carbocycles. The maximum absolute atomic E-state index is 5.77. The molecular formula is C15H19N3O3. The number of ether oxygens (including phenoxy) is 3. The zero-order valence-electron chi connectivity index (χ0n) is 12.4. The molecule has 2 rings (SSSR count). The van der Waals surface area contributed by atoms with Gasteiger partial charge < -0.3 is 19.5 Å². The first-order valence-corrected chi connectivity index (χ1v) is 6.56. The Morgan fingerprint density at radius 2 is 1.67 bits per heavy atom. The number of hydrogen-bond donors (Lipinski definition) is 1. The molecule has 112 valence electrons. The van der Waals surface area contributed by atoms with E-state index in [0.29, 0.717) is 23.1 Å². The smallest absolute Gasteiger partial charge is 0.204 e. The average Bonchev–Trinajstić information content (AvgIpc) is 2.54. The molecule has 0 atom stereocenters. The first kappa shape index (κ1) is 15.1. The van der Waals surface area contributed by atoms with Crippen LogP contribution < -0.4 is 19.5 Å². The monoisotopic (exact) mass is 289 g/mol. The Morgan fingerprint density at radius 3 is 2.19 bits per heavy atom. The minimum Gasteiger partial charge on any atom is -0.493 e. The van der Waals surface area contributed by atoms with Crippen LogP contribution in [0.5, 0.6) is 17.2 Å². The number of rotatable bonds is 7. The lowest BCUT2D eigenvalue weighted by Crippen LogP contribution is -2.07. The van der Waals surface area contributed by atoms with Gasteiger partial charge in [0.25, 0.3) is 0 Å². The van der Waals surface area contributed by atoms with Crippen molar-refractivity contribution < 1.29 is 14.2 Å². The van der Waals surface area contributed by atoms with E-state index in [9.17, 15) is 0 Å². The Morgan fingerprint density at radius 1 is 1.05 bits per heavy atom. The second kappa shape index (κ2) is 7.44. The fourth-order valence-electron chi connectivity index (χ4n) is 1.92. The van der Waals surface area contributed by atoms with E-state index in [1.807, 2.05) is 19.2 Å². The van der Waals surface area contributed by atoms with Crippen LogP contribution in [0.3, 0.4) is 0 Å². The van der Waals surface area contributed by atoms with Crippen molar-refractivity contribution >= 4 is 0 Å². The molecule has 2 aromatic rings. The summed E-state index contributed by atoms with van der Waals surface area (Å²) in [6.07, 6.45) is 3.35. The molecule has 0 spiro atoms. The molecule has 0 saturated carbocycles. The highest BCUT2D eigenvalue weighted by Crippen LogP contribution is 2.38. The van der Waals surface area contributed by atoms with Gasteiger partial charge in [-0.05, 0) is 30.8 Å². The molecule has 0 bridgehead atoms. The maximum atomic E-state index is 5.77. The average molecular weight is 289 g/mol. The molecule has 0 fully saturated rings. The molecule has 21 heavy (non-hydrogen) atoms. The highest BCUT2D eigenvalue weighted by atomic mass is 16.5. The van der Waals surface area contributed by atoms with E-state index in [2.05, 4.69) is 15.3 Å². The van der Waals surface area contributed by atoms with E-state index in [1.165, 1.54) is 0 Å². The van der Waals surface area contributed by atoms with Crippen LogP contribution in [0.15, 0.2) is 30.6 Å². The number of benzene rings is 1. The maximum Gasteiger partial charge on any atom is 0.204 e. The van der Waals surface area contributed by atoms with Crippen molar-refractivity contribution in [2.75, 3.05) is 21.3 Å². The minimum absolute atomic E-state index is 0.249. The van der Waals surface area contributed by atoms with Crippen LogP contribution >= 0.6 is 0 Å². The molecule has 0 amide bonds. The summed E-state index contributed by atoms with van der Waals surface area (Å²) in [7, 11) is 5.09. The Hall–Kier alpha value is -2.34. The molecule has 6 nitrogen and oxygen atoms in total. The lowest BCUT2D eigenvalue weighted by molar-refractivity contribution is 0.258. The van der Waals surface area contributed by atoms with Crippen LogP contribution in [0.4, 0.5) is 0 Å². The summed E-state index contributed by atoms with van der Waals surface area (Å²) < 4.78 is 16.6. The third kappa shape index (κ3) is 3.82. The lowest BCUT2D eigenvalue weighted by atomic mass is 10.2. The third-order valence-corrected chi connectivity index (χ3v) is 2.87. The van der Waals surface area contributed by atoms with Crippen molar-refractivity contribution in [3.63, 3.8) is 0 Å². The normalized spacial score (nSPS) is 10.2. The Bertz CT molecular complexity index is 551. The van der Waals surface area contributed by atoms with Crippen LogP contribution in [0.2, 0.25) is 0 Å². The molecule has 0 unspecified atom stereocenters. The van der Waals surface area contributed by atoms with Crippen LogP contribution in [-0.4, -0.2) is 31.2 Å². The lowest BCUT2D eigenvalue weighted by Gasteiger charge is -2.15. The van der Waals surface area contributed by atoms with Crippen LogP contribution in [0.1, 0.15) is 11.4 Å². The summed E-state index contributed by atoms with van der Waals surface area (Å²) in [6, 6.07) is 5.59. The fraction of sp³-hybridized carbons (Fsp3) is 0.333. The standard InChI is InChI=1S/C15H19N3O3/c1-16-9-11-7-12(19-2)15(13(8-11)20-3)21-10-14-17-5-4-6-18-14/h4-8,16H,9-10H2,1-3H3. The Labute approximate surface area is 124 Å². The van der Waals surface area contributed by atoms with Crippen molar-refractivity contribution in [1.82, 2.24) is 15.3 Å². The minimum atomic E-state index is 0.249. The molecule has 0 aliphatic heterocycles. The fourth-order valence-corrected chi connectivity index (χ4v) is 1.92. The van der Waals surface area contributed by atoms with Gasteiger partial charge in [-0.25, -0.2) is 9.97 Å². The van der Waals surface area contributed by atoms with E-state index in [4.69, 9.17) is 14.2 Å². The van der Waals surface area contributed by atoms with Crippen molar-refractivity contribution in [2.45, 2.75) is 13.2 Å². The van der Waals surface area contributed by atoms with Crippen molar-refractivity contribution in [3.8, 4) is 17.2 Å². The van der Waals surface area contributed by atoms with Crippen LogP contribution in [0.25, 0.3) is 0 Å². The predicted octanol–water partition coefficient (Wildman–Crippen LogP) is 1.79. The van der Waals surface area contributed by atoms with E-state index in [-0.39, 0.29) is 6.61 Å². The zero-order chi connectivity index (χ0) is 15.1. The van der Waals surface area contributed by atoms with E-state index in [0.717, 1.165) is 12.1 Å². The van der Waals surface area contributed by atoms with Gasteiger partial charge in [0.05, 0.1) is 14.2 Å². The molecule has 6 heteroatoms. The van der Waals surface area contributed by atoms with Gasteiger partial charge >= 0.3 is 0 Å². The number of methoxy groups -OCH3 is 2. The first-order chi connectivity index (χ1) is 10.3. The highest BCUT2D eigenvalue weighted by molar-refractivity contribution is 5.53. The molecule has 0 aliphatic carbocycles. The van der Waals surface area contributed by atoms with Crippen molar-refractivity contribution in [2.24, 2.45) is 0 Å². The largest absolute Gasteiger partial charge is 0.493 e. The molecule has 1 heterocycles. The topological polar surface area (TPSA) is 65.5 Å². The molecule has 0 aliphatic rings. The molecule has 1 aromatic heterocycles. The van der Waals surface area contributed by atoms with Crippen LogP contribution in [0, 0.1) is 0 Å². The van der Waals surface area contributed by atoms with E-state index >= 15 is 0 Å². The van der Waals surface area contributed by atoms with Gasteiger partial charge in [-0.1, -0.05) is 0 Å². The van der Waals surface area contributed by atoms with Gasteiger partial charge in [-0.15, -0.1) is 0 Å². The number of nitrogens with zero attached hydrogens (tertiary/aromatic N) is 2. The number of nitrogens with one attached hydrogen (secondary N) is 1. The summed E-state index contributed by atoms with van der Waals surface area (Å²) in [5.74, 6) is 2.39. The highest BCUT2D eigenvalue weighted by Gasteiger charge is 2.14. The number of aromatic nitrogens is 2. The number of hydrogen-bond acceptors (Lipinski definition) is 6. The summed E-state index contributed by atoms with van der Waals surface area (Å²) >= 11 is 0. The second-order valence-electron chi connectivity index (χ2n) is 4.31. The van der Waals surface area contributed by atoms with Gasteiger partial charge in [0.15, 0.2) is 17.3 Å². The summed E-state index contributed by atoms with van der Waals surface area (Å²) in [5, 5.41) is 3.09. The van der Waals surface area contributed by atoms with Gasteiger partial charge in [-0.2, -0.15) is 0 Å².